The quantitative estimate of drug-likeness (QED) is 0.528. The minimum atomic E-state index is -1.84. The molecule has 5 nitrogen and oxygen atoms in total. The van der Waals surface area contributed by atoms with Gasteiger partial charge in [0.15, 0.2) is 17.0 Å². The molecule has 0 radical (unpaired) electrons. The van der Waals surface area contributed by atoms with Gasteiger partial charge in [0.05, 0.1) is 18.2 Å². The van der Waals surface area contributed by atoms with Gasteiger partial charge < -0.3 is 4.90 Å². The first-order chi connectivity index (χ1) is 16.5. The molecule has 5 rings (SSSR count). The van der Waals surface area contributed by atoms with Gasteiger partial charge >= 0.3 is 0 Å². The number of carbonyl (C=O) groups excluding carboxylic acids is 2. The van der Waals surface area contributed by atoms with Crippen molar-refractivity contribution in [2.24, 2.45) is 11.3 Å². The van der Waals surface area contributed by atoms with E-state index in [0.29, 0.717) is 11.1 Å². The Morgan fingerprint density at radius 2 is 1.56 bits per heavy atom. The molecule has 0 saturated carbocycles. The van der Waals surface area contributed by atoms with Crippen LogP contribution in [0.5, 0.6) is 0 Å². The second-order valence-corrected chi connectivity index (χ2v) is 8.39. The van der Waals surface area contributed by atoms with Crippen molar-refractivity contribution in [2.75, 3.05) is 0 Å². The molecule has 0 amide bonds. The van der Waals surface area contributed by atoms with Gasteiger partial charge in [0.25, 0.3) is 0 Å². The molecular formula is C28H18FN3O2. The number of hydrogen-bond donors (Lipinski definition) is 0. The third-order valence-corrected chi connectivity index (χ3v) is 6.71. The first kappa shape index (κ1) is 21.3. The van der Waals surface area contributed by atoms with E-state index in [4.69, 9.17) is 0 Å². The second-order valence-electron chi connectivity index (χ2n) is 8.39. The lowest BCUT2D eigenvalue weighted by molar-refractivity contribution is 0.0791. The molecule has 3 aromatic rings. The zero-order valence-corrected chi connectivity index (χ0v) is 17.9. The summed E-state index contributed by atoms with van der Waals surface area (Å²) < 4.78 is 13.5. The maximum absolute atomic E-state index is 14.0. The lowest BCUT2D eigenvalue weighted by atomic mass is 9.65. The van der Waals surface area contributed by atoms with Crippen LogP contribution in [0.1, 0.15) is 37.9 Å². The smallest absolute Gasteiger partial charge is 0.187 e. The van der Waals surface area contributed by atoms with Gasteiger partial charge in [0.1, 0.15) is 17.8 Å². The topological polar surface area (TPSA) is 85.0 Å². The van der Waals surface area contributed by atoms with E-state index in [1.54, 1.807) is 41.4 Å². The molecule has 0 unspecified atom stereocenters. The van der Waals surface area contributed by atoms with Gasteiger partial charge in [0.2, 0.25) is 0 Å². The minimum absolute atomic E-state index is 0.207. The van der Waals surface area contributed by atoms with Crippen molar-refractivity contribution < 1.29 is 14.0 Å². The lowest BCUT2D eigenvalue weighted by Crippen LogP contribution is -2.41. The van der Waals surface area contributed by atoms with Gasteiger partial charge in [-0.25, -0.2) is 4.39 Å². The summed E-state index contributed by atoms with van der Waals surface area (Å²) in [6.45, 7) is 0. The molecule has 4 atom stereocenters. The summed E-state index contributed by atoms with van der Waals surface area (Å²) in [6.07, 6.45) is 3.49. The zero-order chi connectivity index (χ0) is 23.9. The molecular weight excluding hydrogens is 429 g/mol. The van der Waals surface area contributed by atoms with Crippen molar-refractivity contribution in [3.8, 4) is 12.1 Å². The molecule has 2 aliphatic heterocycles. The Morgan fingerprint density at radius 1 is 0.882 bits per heavy atom. The van der Waals surface area contributed by atoms with Crippen molar-refractivity contribution in [3.05, 3.63) is 113 Å². The van der Waals surface area contributed by atoms with Gasteiger partial charge in [-0.3, -0.25) is 9.59 Å². The SMILES string of the molecule is N#C[C@H]1[C@H](C(=O)c2ccc(F)cc2)N2C=Cc3ccccc3[C@H]2[C@]1(C#N)C(=O)c1ccccc1. The number of hydrogen-bond acceptors (Lipinski definition) is 5. The highest BCUT2D eigenvalue weighted by Gasteiger charge is 2.66. The molecule has 0 aromatic heterocycles. The summed E-state index contributed by atoms with van der Waals surface area (Å²) in [5.41, 5.74) is 0.183. The fraction of sp³-hybridized carbons (Fsp3) is 0.143. The summed E-state index contributed by atoms with van der Waals surface area (Å²) in [4.78, 5) is 29.3. The van der Waals surface area contributed by atoms with E-state index in [9.17, 15) is 24.5 Å². The van der Waals surface area contributed by atoms with Gasteiger partial charge in [-0.2, -0.15) is 10.5 Å². The van der Waals surface area contributed by atoms with E-state index in [1.165, 1.54) is 24.3 Å². The van der Waals surface area contributed by atoms with E-state index >= 15 is 0 Å². The predicted molar refractivity (Wildman–Crippen MR) is 122 cm³/mol. The molecule has 2 aliphatic rings. The van der Waals surface area contributed by atoms with Gasteiger partial charge in [-0.15, -0.1) is 0 Å². The van der Waals surface area contributed by atoms with E-state index in [-0.39, 0.29) is 5.56 Å². The highest BCUT2D eigenvalue weighted by atomic mass is 19.1. The molecule has 0 N–H and O–H groups in total. The third-order valence-electron chi connectivity index (χ3n) is 6.71. The van der Waals surface area contributed by atoms with Crippen molar-refractivity contribution in [1.29, 1.82) is 10.5 Å². The Bertz CT molecular complexity index is 1400. The van der Waals surface area contributed by atoms with Crippen LogP contribution >= 0.6 is 0 Å². The minimum Gasteiger partial charge on any atom is -0.357 e. The number of rotatable bonds is 4. The molecule has 1 saturated heterocycles. The number of Topliss-reactive ketones (excluding diaryl/α,β-unsaturated/α-hetero) is 2. The Labute approximate surface area is 196 Å². The molecule has 0 aliphatic carbocycles. The molecule has 6 heteroatoms. The van der Waals surface area contributed by atoms with Crippen LogP contribution in [0.2, 0.25) is 0 Å². The van der Waals surface area contributed by atoms with Crippen LogP contribution < -0.4 is 0 Å². The standard InChI is InChI=1S/C28H18FN3O2/c29-21-12-10-19(11-13-21)25(33)24-23(16-30)28(17-31,27(34)20-7-2-1-3-8-20)26-22-9-5-4-6-18(22)14-15-32(24)26/h1-15,23-24,26H/t23-,24+,26-,28+/m0/s1. The maximum Gasteiger partial charge on any atom is 0.187 e. The van der Waals surface area contributed by atoms with Gasteiger partial charge in [-0.1, -0.05) is 54.6 Å². The molecule has 2 heterocycles. The fourth-order valence-corrected chi connectivity index (χ4v) is 5.17. The maximum atomic E-state index is 14.0. The van der Waals surface area contributed by atoms with Crippen LogP contribution in [0.25, 0.3) is 6.08 Å². The summed E-state index contributed by atoms with van der Waals surface area (Å²) in [7, 11) is 0. The summed E-state index contributed by atoms with van der Waals surface area (Å²) in [5, 5.41) is 20.9. The highest BCUT2D eigenvalue weighted by molar-refractivity contribution is 6.07. The molecule has 0 bridgehead atoms. The third kappa shape index (κ3) is 2.97. The molecule has 164 valence electrons. The largest absolute Gasteiger partial charge is 0.357 e. The highest BCUT2D eigenvalue weighted by Crippen LogP contribution is 2.57. The fourth-order valence-electron chi connectivity index (χ4n) is 5.17. The monoisotopic (exact) mass is 447 g/mol. The summed E-state index contributed by atoms with van der Waals surface area (Å²) >= 11 is 0. The Balaban J connectivity index is 1.75. The predicted octanol–water partition coefficient (Wildman–Crippen LogP) is 4.95. The van der Waals surface area contributed by atoms with Crippen LogP contribution in [0.4, 0.5) is 4.39 Å². The number of halogens is 1. The zero-order valence-electron chi connectivity index (χ0n) is 17.9. The Hall–Kier alpha value is -4.55. The lowest BCUT2D eigenvalue weighted by Gasteiger charge is -2.36. The number of nitrogens with zero attached hydrogens (tertiary/aromatic N) is 3. The molecule has 34 heavy (non-hydrogen) atoms. The Morgan fingerprint density at radius 3 is 2.24 bits per heavy atom. The van der Waals surface area contributed by atoms with Crippen molar-refractivity contribution >= 4 is 17.6 Å². The van der Waals surface area contributed by atoms with Crippen molar-refractivity contribution in [2.45, 2.75) is 12.1 Å². The normalized spacial score (nSPS) is 24.4. The van der Waals surface area contributed by atoms with Crippen LogP contribution in [-0.4, -0.2) is 22.5 Å². The van der Waals surface area contributed by atoms with Crippen LogP contribution in [0.15, 0.2) is 85.1 Å². The first-order valence-electron chi connectivity index (χ1n) is 10.8. The van der Waals surface area contributed by atoms with Crippen LogP contribution in [0, 0.1) is 39.8 Å². The van der Waals surface area contributed by atoms with E-state index in [0.717, 1.165) is 5.56 Å². The Kier molecular flexibility index (Phi) is 5.07. The number of nitriles is 2. The van der Waals surface area contributed by atoms with Gasteiger partial charge in [-0.05, 0) is 41.5 Å². The van der Waals surface area contributed by atoms with E-state index in [2.05, 4.69) is 12.1 Å². The van der Waals surface area contributed by atoms with E-state index in [1.807, 2.05) is 30.3 Å². The van der Waals surface area contributed by atoms with Crippen molar-refractivity contribution in [3.63, 3.8) is 0 Å². The number of ketones is 2. The van der Waals surface area contributed by atoms with Crippen LogP contribution in [-0.2, 0) is 0 Å². The average Bonchev–Trinajstić information content (AvgIpc) is 3.19. The number of fused-ring (bicyclic) bond motifs is 3. The summed E-state index contributed by atoms with van der Waals surface area (Å²) in [5.74, 6) is -2.70. The van der Waals surface area contributed by atoms with Crippen LogP contribution in [0.3, 0.4) is 0 Å². The van der Waals surface area contributed by atoms with Gasteiger partial charge in [0, 0.05) is 17.3 Å². The number of carbonyl (C=O) groups is 2. The average molecular weight is 447 g/mol. The van der Waals surface area contributed by atoms with Crippen molar-refractivity contribution in [1.82, 2.24) is 4.90 Å². The molecule has 0 spiro atoms. The second kappa shape index (κ2) is 8.10. The first-order valence-corrected chi connectivity index (χ1v) is 10.8. The molecule has 3 aromatic carbocycles. The van der Waals surface area contributed by atoms with E-state index < -0.39 is 40.8 Å². The number of benzene rings is 3. The molecule has 1 fully saturated rings. The summed E-state index contributed by atoms with van der Waals surface area (Å²) in [6, 6.07) is 23.2.